The molecule has 49 heavy (non-hydrogen) atoms. The molecule has 0 atom stereocenters. The molecule has 252 valence electrons. The normalized spacial score (nSPS) is 20.1. The van der Waals surface area contributed by atoms with Gasteiger partial charge in [0, 0.05) is 52.5 Å². The molecule has 0 saturated carbocycles. The second-order valence-corrected chi connectivity index (χ2v) is 15.7. The number of benzene rings is 4. The Balaban J connectivity index is 1.26. The van der Waals surface area contributed by atoms with Crippen LogP contribution in [0.4, 0.5) is 11.4 Å². The summed E-state index contributed by atoms with van der Waals surface area (Å²) in [5.74, 6) is 0. The molecule has 0 bridgehead atoms. The van der Waals surface area contributed by atoms with Crippen LogP contribution in [0.2, 0.25) is 0 Å². The summed E-state index contributed by atoms with van der Waals surface area (Å²) in [6.45, 7) is 16.2. The van der Waals surface area contributed by atoms with E-state index >= 15 is 0 Å². The largest absolute Gasteiger partial charge is 0.344 e. The van der Waals surface area contributed by atoms with Gasteiger partial charge in [-0.05, 0) is 96.0 Å². The van der Waals surface area contributed by atoms with Crippen molar-refractivity contribution in [1.82, 2.24) is 0 Å². The number of hydrogen-bond donors (Lipinski definition) is 0. The molecule has 1 aliphatic carbocycles. The van der Waals surface area contributed by atoms with Crippen LogP contribution < -0.4 is 4.90 Å². The van der Waals surface area contributed by atoms with Gasteiger partial charge < -0.3 is 4.90 Å². The van der Waals surface area contributed by atoms with E-state index in [-0.39, 0.29) is 10.8 Å². The van der Waals surface area contributed by atoms with E-state index in [0.29, 0.717) is 0 Å². The smallest absolute Gasteiger partial charge is 0.210 e. The Hall–Kier alpha value is -3.88. The number of unbranched alkanes of at least 4 members (excludes halogenated alkanes) is 2. The van der Waals surface area contributed by atoms with Gasteiger partial charge in [0.1, 0.15) is 6.54 Å². The molecule has 2 nitrogen and oxygen atoms in total. The van der Waals surface area contributed by atoms with Crippen molar-refractivity contribution in [3.8, 4) is 0 Å². The summed E-state index contributed by atoms with van der Waals surface area (Å²) in [7, 11) is 0. The first-order valence-corrected chi connectivity index (χ1v) is 19.0. The fourth-order valence-electron chi connectivity index (χ4n) is 8.75. The minimum Gasteiger partial charge on any atom is -0.344 e. The van der Waals surface area contributed by atoms with Crippen LogP contribution >= 0.6 is 11.6 Å². The molecule has 0 radical (unpaired) electrons. The Morgan fingerprint density at radius 1 is 0.735 bits per heavy atom. The topological polar surface area (TPSA) is 6.25 Å². The lowest BCUT2D eigenvalue weighted by Gasteiger charge is -2.27. The molecular weight excluding hydrogens is 616 g/mol. The molecule has 3 heteroatoms. The second-order valence-electron chi connectivity index (χ2n) is 15.3. The third-order valence-corrected chi connectivity index (χ3v) is 11.8. The van der Waals surface area contributed by atoms with Crippen LogP contribution in [-0.4, -0.2) is 23.4 Å². The Kier molecular flexibility index (Phi) is 9.22. The minimum atomic E-state index is -0.111. The lowest BCUT2D eigenvalue weighted by atomic mass is 9.78. The van der Waals surface area contributed by atoms with Crippen molar-refractivity contribution in [3.63, 3.8) is 0 Å². The molecule has 0 N–H and O–H groups in total. The maximum absolute atomic E-state index is 7.33. The summed E-state index contributed by atoms with van der Waals surface area (Å²) in [6, 6.07) is 27.0. The van der Waals surface area contributed by atoms with Gasteiger partial charge in [-0.1, -0.05) is 119 Å². The van der Waals surface area contributed by atoms with E-state index in [1.165, 1.54) is 79.4 Å². The van der Waals surface area contributed by atoms with Gasteiger partial charge in [0.2, 0.25) is 5.69 Å². The van der Waals surface area contributed by atoms with Crippen molar-refractivity contribution in [2.45, 2.75) is 97.3 Å². The summed E-state index contributed by atoms with van der Waals surface area (Å²) >= 11 is 7.33. The first kappa shape index (κ1) is 33.6. The zero-order valence-electron chi connectivity index (χ0n) is 30.4. The first-order chi connectivity index (χ1) is 23.7. The number of anilines is 1. The molecule has 4 aromatic rings. The lowest BCUT2D eigenvalue weighted by molar-refractivity contribution is -0.438. The Labute approximate surface area is 299 Å². The summed E-state index contributed by atoms with van der Waals surface area (Å²) in [5, 5.41) is 6.28. The molecule has 0 spiro atoms. The van der Waals surface area contributed by atoms with Gasteiger partial charge in [0.15, 0.2) is 5.71 Å². The van der Waals surface area contributed by atoms with Gasteiger partial charge in [0.25, 0.3) is 0 Å². The third kappa shape index (κ3) is 5.80. The Morgan fingerprint density at radius 3 is 2.12 bits per heavy atom. The highest BCUT2D eigenvalue weighted by atomic mass is 35.5. The quantitative estimate of drug-likeness (QED) is 0.161. The molecule has 7 rings (SSSR count). The van der Waals surface area contributed by atoms with Crippen molar-refractivity contribution in [2.75, 3.05) is 18.0 Å². The summed E-state index contributed by atoms with van der Waals surface area (Å²) in [5.41, 5.74) is 10.6. The van der Waals surface area contributed by atoms with E-state index in [2.05, 4.69) is 148 Å². The van der Waals surface area contributed by atoms with Crippen LogP contribution in [0.15, 0.2) is 119 Å². The predicted octanol–water partition coefficient (Wildman–Crippen LogP) is 12.8. The van der Waals surface area contributed by atoms with Gasteiger partial charge in [-0.3, -0.25) is 0 Å². The van der Waals surface area contributed by atoms with Crippen molar-refractivity contribution < 1.29 is 4.58 Å². The molecule has 4 aromatic carbocycles. The van der Waals surface area contributed by atoms with Gasteiger partial charge in [-0.25, -0.2) is 0 Å². The molecule has 0 saturated heterocycles. The van der Waals surface area contributed by atoms with Crippen molar-refractivity contribution >= 4 is 50.2 Å². The van der Waals surface area contributed by atoms with Gasteiger partial charge in [-0.15, -0.1) is 0 Å². The highest BCUT2D eigenvalue weighted by Crippen LogP contribution is 2.51. The average molecular weight is 668 g/mol. The Morgan fingerprint density at radius 2 is 1.41 bits per heavy atom. The van der Waals surface area contributed by atoms with E-state index < -0.39 is 0 Å². The maximum Gasteiger partial charge on any atom is 0.210 e. The second kappa shape index (κ2) is 13.4. The van der Waals surface area contributed by atoms with Crippen LogP contribution in [0.3, 0.4) is 0 Å². The summed E-state index contributed by atoms with van der Waals surface area (Å²) < 4.78 is 2.58. The van der Waals surface area contributed by atoms with E-state index in [9.17, 15) is 0 Å². The summed E-state index contributed by atoms with van der Waals surface area (Å²) in [4.78, 5) is 2.58. The molecule has 2 aliphatic heterocycles. The van der Waals surface area contributed by atoms with E-state index in [4.69, 9.17) is 11.6 Å². The monoisotopic (exact) mass is 667 g/mol. The zero-order valence-corrected chi connectivity index (χ0v) is 31.1. The number of fused-ring (bicyclic) bond motifs is 6. The van der Waals surface area contributed by atoms with Crippen molar-refractivity contribution in [3.05, 3.63) is 130 Å². The Bertz CT molecular complexity index is 2080. The lowest BCUT2D eigenvalue weighted by Crippen LogP contribution is -2.28. The third-order valence-electron chi connectivity index (χ3n) is 11.3. The average Bonchev–Trinajstić information content (AvgIpc) is 3.46. The molecule has 0 fully saturated rings. The maximum atomic E-state index is 7.33. The molecule has 0 aromatic heterocycles. The molecular formula is C46H52ClN2+. The van der Waals surface area contributed by atoms with E-state index in [1.54, 1.807) is 0 Å². The van der Waals surface area contributed by atoms with Crippen molar-refractivity contribution in [2.24, 2.45) is 0 Å². The van der Waals surface area contributed by atoms with Crippen LogP contribution in [0.1, 0.15) is 97.6 Å². The number of nitrogens with zero attached hydrogens (tertiary/aromatic N) is 2. The number of rotatable bonds is 9. The SMILES string of the molecule is CCCCN1/C(=C\C=C2\CCCC(/C=C/C3=[N+](CCCC)c4ccc5ccccc5c4C3(C)C)=C2Cl)C(C)(C)c2c1ccc1ccccc21. The number of halogens is 1. The predicted molar refractivity (Wildman–Crippen MR) is 213 cm³/mol. The van der Waals surface area contributed by atoms with Crippen LogP contribution in [0.5, 0.6) is 0 Å². The van der Waals surface area contributed by atoms with Gasteiger partial charge in [-0.2, -0.15) is 4.58 Å². The zero-order chi connectivity index (χ0) is 34.3. The molecule has 2 heterocycles. The van der Waals surface area contributed by atoms with E-state index in [0.717, 1.165) is 50.2 Å². The van der Waals surface area contributed by atoms with Gasteiger partial charge in [0.05, 0.1) is 5.41 Å². The minimum absolute atomic E-state index is 0.111. The van der Waals surface area contributed by atoms with Crippen LogP contribution in [-0.2, 0) is 10.8 Å². The standard InChI is InChI=1S/C46H52ClN2/c1-7-9-30-48-38-26-22-32-16-11-13-20-36(32)42(38)45(3,4)40(48)28-24-34-18-15-19-35(44(34)47)25-29-41-46(5,6)43-37-21-14-12-17-33(37)23-27-39(43)49(41)31-10-8-2/h11-14,16-17,20-29H,7-10,15,18-19,30-31H2,1-6H3/q+1. The highest BCUT2D eigenvalue weighted by molar-refractivity contribution is 6.32. The molecule has 3 aliphatic rings. The number of hydrogen-bond acceptors (Lipinski definition) is 1. The summed E-state index contributed by atoms with van der Waals surface area (Å²) in [6.07, 6.45) is 17.2. The highest BCUT2D eigenvalue weighted by Gasteiger charge is 2.45. The van der Waals surface area contributed by atoms with Crippen molar-refractivity contribution in [1.29, 1.82) is 0 Å². The van der Waals surface area contributed by atoms with E-state index in [1.807, 2.05) is 0 Å². The fourth-order valence-corrected chi connectivity index (χ4v) is 9.07. The van der Waals surface area contributed by atoms with Crippen LogP contribution in [0.25, 0.3) is 21.5 Å². The number of allylic oxidation sites excluding steroid dienone is 8. The molecule has 0 unspecified atom stereocenters. The molecule has 0 amide bonds. The fraction of sp³-hybridized carbons (Fsp3) is 0.370. The van der Waals surface area contributed by atoms with Gasteiger partial charge >= 0.3 is 0 Å². The first-order valence-electron chi connectivity index (χ1n) is 18.6. The van der Waals surface area contributed by atoms with Crippen LogP contribution in [0, 0.1) is 0 Å².